The van der Waals surface area contributed by atoms with E-state index in [0.29, 0.717) is 5.92 Å². The van der Waals surface area contributed by atoms with Gasteiger partial charge in [0.1, 0.15) is 0 Å². The number of hydrogen-bond acceptors (Lipinski definition) is 2. The third-order valence-corrected chi connectivity index (χ3v) is 5.92. The minimum atomic E-state index is 0.00752. The van der Waals surface area contributed by atoms with Gasteiger partial charge in [0.15, 0.2) is 0 Å². The molecule has 0 radical (unpaired) electrons. The Bertz CT molecular complexity index is 798. The topological polar surface area (TPSA) is 41.1 Å². The molecule has 1 heterocycles. The molecule has 1 unspecified atom stereocenters. The molecule has 0 aromatic heterocycles. The number of nitrogens with one attached hydrogen (secondary N) is 2. The molecule has 2 aromatic rings. The van der Waals surface area contributed by atoms with Crippen LogP contribution in [0, 0.1) is 5.92 Å². The van der Waals surface area contributed by atoms with Crippen molar-refractivity contribution in [3.05, 3.63) is 64.2 Å². The number of carbonyl (C=O) groups is 1. The summed E-state index contributed by atoms with van der Waals surface area (Å²) in [6.07, 6.45) is 6.93. The van der Waals surface area contributed by atoms with Crippen molar-refractivity contribution in [1.82, 2.24) is 5.32 Å². The van der Waals surface area contributed by atoms with Crippen LogP contribution in [0.25, 0.3) is 0 Å². The number of rotatable bonds is 4. The Morgan fingerprint density at radius 3 is 2.73 bits per heavy atom. The van der Waals surface area contributed by atoms with E-state index in [1.807, 2.05) is 30.3 Å². The summed E-state index contributed by atoms with van der Waals surface area (Å²) in [5, 5.41) is 7.47. The number of halogens is 1. The largest absolute Gasteiger partial charge is 0.384 e. The maximum Gasteiger partial charge on any atom is 0.253 e. The molecule has 1 aliphatic carbocycles. The van der Waals surface area contributed by atoms with E-state index in [2.05, 4.69) is 22.8 Å². The summed E-state index contributed by atoms with van der Waals surface area (Å²) in [7, 11) is 0. The van der Waals surface area contributed by atoms with Gasteiger partial charge in [-0.15, -0.1) is 0 Å². The van der Waals surface area contributed by atoms with E-state index in [0.717, 1.165) is 54.1 Å². The van der Waals surface area contributed by atoms with E-state index in [-0.39, 0.29) is 11.9 Å². The SMILES string of the molecule is O=C(NC(c1cccc(Cl)c1)C1CCCC1)c1cccc2c1NCCC2. The van der Waals surface area contributed by atoms with Gasteiger partial charge in [0.05, 0.1) is 17.3 Å². The molecule has 2 aliphatic rings. The van der Waals surface area contributed by atoms with Gasteiger partial charge >= 0.3 is 0 Å². The van der Waals surface area contributed by atoms with Crippen LogP contribution in [-0.4, -0.2) is 12.5 Å². The Hall–Kier alpha value is -2.00. The number of anilines is 1. The van der Waals surface area contributed by atoms with Gasteiger partial charge < -0.3 is 10.6 Å². The predicted molar refractivity (Wildman–Crippen MR) is 107 cm³/mol. The van der Waals surface area contributed by atoms with E-state index < -0.39 is 0 Å². The number of amides is 1. The number of carbonyl (C=O) groups excluding carboxylic acids is 1. The Labute approximate surface area is 160 Å². The maximum absolute atomic E-state index is 13.2. The highest BCUT2D eigenvalue weighted by atomic mass is 35.5. The average Bonchev–Trinajstić information content (AvgIpc) is 3.20. The minimum absolute atomic E-state index is 0.00752. The van der Waals surface area contributed by atoms with Crippen LogP contribution < -0.4 is 10.6 Å². The smallest absolute Gasteiger partial charge is 0.253 e. The lowest BCUT2D eigenvalue weighted by Crippen LogP contribution is -2.33. The molecule has 1 aliphatic heterocycles. The van der Waals surface area contributed by atoms with Crippen molar-refractivity contribution in [2.45, 2.75) is 44.6 Å². The summed E-state index contributed by atoms with van der Waals surface area (Å²) >= 11 is 6.22. The lowest BCUT2D eigenvalue weighted by atomic mass is 9.91. The third kappa shape index (κ3) is 3.59. The average molecular weight is 369 g/mol. The summed E-state index contributed by atoms with van der Waals surface area (Å²) in [5.41, 5.74) is 4.11. The van der Waals surface area contributed by atoms with Gasteiger partial charge in [-0.25, -0.2) is 0 Å². The first-order chi connectivity index (χ1) is 12.7. The molecule has 2 N–H and O–H groups in total. The quantitative estimate of drug-likeness (QED) is 0.762. The first-order valence-corrected chi connectivity index (χ1v) is 10.0. The van der Waals surface area contributed by atoms with Crippen LogP contribution in [0.2, 0.25) is 5.02 Å². The second-order valence-corrected chi connectivity index (χ2v) is 7.86. The number of fused-ring (bicyclic) bond motifs is 1. The Morgan fingerprint density at radius 2 is 1.92 bits per heavy atom. The van der Waals surface area contributed by atoms with Crippen LogP contribution in [0.5, 0.6) is 0 Å². The highest BCUT2D eigenvalue weighted by Gasteiger charge is 2.29. The van der Waals surface area contributed by atoms with Crippen molar-refractivity contribution in [3.63, 3.8) is 0 Å². The first-order valence-electron chi connectivity index (χ1n) is 9.64. The van der Waals surface area contributed by atoms with Gasteiger partial charge in [-0.2, -0.15) is 0 Å². The maximum atomic E-state index is 13.2. The molecule has 1 atom stereocenters. The predicted octanol–water partition coefficient (Wildman–Crippen LogP) is 5.36. The zero-order valence-electron chi connectivity index (χ0n) is 14.9. The highest BCUT2D eigenvalue weighted by Crippen LogP contribution is 2.37. The zero-order chi connectivity index (χ0) is 17.9. The first kappa shape index (κ1) is 17.4. The monoisotopic (exact) mass is 368 g/mol. The molecule has 1 fully saturated rings. The molecule has 1 amide bonds. The summed E-state index contributed by atoms with van der Waals surface area (Å²) in [6.45, 7) is 0.928. The molecule has 26 heavy (non-hydrogen) atoms. The molecule has 4 rings (SSSR count). The van der Waals surface area contributed by atoms with Gasteiger partial charge in [0.2, 0.25) is 0 Å². The van der Waals surface area contributed by atoms with Gasteiger partial charge in [0, 0.05) is 11.6 Å². The van der Waals surface area contributed by atoms with Crippen molar-refractivity contribution in [2.75, 3.05) is 11.9 Å². The lowest BCUT2D eigenvalue weighted by molar-refractivity contribution is 0.0922. The third-order valence-electron chi connectivity index (χ3n) is 5.69. The van der Waals surface area contributed by atoms with E-state index in [9.17, 15) is 4.79 Å². The minimum Gasteiger partial charge on any atom is -0.384 e. The van der Waals surface area contributed by atoms with E-state index >= 15 is 0 Å². The van der Waals surface area contributed by atoms with Crippen molar-refractivity contribution < 1.29 is 4.79 Å². The van der Waals surface area contributed by atoms with Crippen LogP contribution in [0.4, 0.5) is 5.69 Å². The van der Waals surface area contributed by atoms with Crippen LogP contribution in [0.1, 0.15) is 59.6 Å². The lowest BCUT2D eigenvalue weighted by Gasteiger charge is -2.27. The van der Waals surface area contributed by atoms with Crippen molar-refractivity contribution in [2.24, 2.45) is 5.92 Å². The number of aryl methyl sites for hydroxylation is 1. The molecule has 0 bridgehead atoms. The Morgan fingerprint density at radius 1 is 1.12 bits per heavy atom. The van der Waals surface area contributed by atoms with Crippen LogP contribution in [0.15, 0.2) is 42.5 Å². The van der Waals surface area contributed by atoms with Crippen LogP contribution in [-0.2, 0) is 6.42 Å². The second-order valence-electron chi connectivity index (χ2n) is 7.42. The molecule has 2 aromatic carbocycles. The normalized spacial score (nSPS) is 18.0. The van der Waals surface area contributed by atoms with E-state index in [1.54, 1.807) is 0 Å². The van der Waals surface area contributed by atoms with Crippen LogP contribution in [0.3, 0.4) is 0 Å². The number of para-hydroxylation sites is 1. The van der Waals surface area contributed by atoms with Gasteiger partial charge in [-0.3, -0.25) is 4.79 Å². The fourth-order valence-electron chi connectivity index (χ4n) is 4.38. The standard InChI is InChI=1S/C22H25ClN2O/c23-18-11-3-9-17(14-18)20(15-6-1-2-7-15)25-22(26)19-12-4-8-16-10-5-13-24-21(16)19/h3-4,8-9,11-12,14-15,20,24H,1-2,5-7,10,13H2,(H,25,26). The van der Waals surface area contributed by atoms with E-state index in [1.165, 1.54) is 18.4 Å². The molecular weight excluding hydrogens is 344 g/mol. The molecule has 136 valence electrons. The molecule has 0 spiro atoms. The second kappa shape index (κ2) is 7.71. The van der Waals surface area contributed by atoms with Gasteiger partial charge in [-0.1, -0.05) is 48.7 Å². The Balaban J connectivity index is 1.62. The molecule has 1 saturated carbocycles. The summed E-state index contributed by atoms with van der Waals surface area (Å²) in [6, 6.07) is 14.0. The summed E-state index contributed by atoms with van der Waals surface area (Å²) in [4.78, 5) is 13.2. The molecule has 3 nitrogen and oxygen atoms in total. The van der Waals surface area contributed by atoms with Crippen LogP contribution >= 0.6 is 11.6 Å². The van der Waals surface area contributed by atoms with Crippen molar-refractivity contribution >= 4 is 23.2 Å². The fourth-order valence-corrected chi connectivity index (χ4v) is 4.58. The number of benzene rings is 2. The van der Waals surface area contributed by atoms with Gasteiger partial charge in [-0.05, 0) is 60.9 Å². The summed E-state index contributed by atoms with van der Waals surface area (Å²) in [5.74, 6) is 0.484. The van der Waals surface area contributed by atoms with Crippen molar-refractivity contribution in [1.29, 1.82) is 0 Å². The summed E-state index contributed by atoms with van der Waals surface area (Å²) < 4.78 is 0. The van der Waals surface area contributed by atoms with E-state index in [4.69, 9.17) is 11.6 Å². The number of hydrogen-bond donors (Lipinski definition) is 2. The molecule has 4 heteroatoms. The fraction of sp³-hybridized carbons (Fsp3) is 0.409. The zero-order valence-corrected chi connectivity index (χ0v) is 15.7. The molecule has 0 saturated heterocycles. The highest BCUT2D eigenvalue weighted by molar-refractivity contribution is 6.30. The molecular formula is C22H25ClN2O. The Kier molecular flexibility index (Phi) is 5.16. The van der Waals surface area contributed by atoms with Crippen molar-refractivity contribution in [3.8, 4) is 0 Å². The van der Waals surface area contributed by atoms with Gasteiger partial charge in [0.25, 0.3) is 5.91 Å².